The molecule has 2 N–H and O–H groups in total. The number of benzene rings is 1. The SMILES string of the molecule is CC1OCCC1C(=O)NCc1cccc(C#CCCO)c1. The molecule has 1 aliphatic heterocycles. The number of hydrogen-bond donors (Lipinski definition) is 2. The third kappa shape index (κ3) is 4.59. The monoisotopic (exact) mass is 287 g/mol. The van der Waals surface area contributed by atoms with Crippen molar-refractivity contribution < 1.29 is 14.6 Å². The van der Waals surface area contributed by atoms with E-state index in [9.17, 15) is 4.79 Å². The van der Waals surface area contributed by atoms with Crippen molar-refractivity contribution >= 4 is 5.91 Å². The van der Waals surface area contributed by atoms with Crippen molar-refractivity contribution in [3.8, 4) is 11.8 Å². The summed E-state index contributed by atoms with van der Waals surface area (Å²) in [4.78, 5) is 12.1. The third-order valence-electron chi connectivity index (χ3n) is 3.58. The molecule has 0 saturated carbocycles. The lowest BCUT2D eigenvalue weighted by Gasteiger charge is -2.14. The van der Waals surface area contributed by atoms with Gasteiger partial charge in [0.25, 0.3) is 0 Å². The molecule has 1 saturated heterocycles. The maximum absolute atomic E-state index is 12.1. The standard InChI is InChI=1S/C17H21NO3/c1-13-16(8-10-21-13)17(20)18-12-15-7-4-6-14(11-15)5-2-3-9-19/h4,6-7,11,13,16,19H,3,8-10,12H2,1H3,(H,18,20). The second-order valence-corrected chi connectivity index (χ2v) is 5.16. The number of ether oxygens (including phenoxy) is 1. The Labute approximate surface area is 125 Å². The van der Waals surface area contributed by atoms with Crippen molar-refractivity contribution in [2.24, 2.45) is 5.92 Å². The number of carbonyl (C=O) groups is 1. The highest BCUT2D eigenvalue weighted by atomic mass is 16.5. The lowest BCUT2D eigenvalue weighted by Crippen LogP contribution is -2.33. The molecule has 4 nitrogen and oxygen atoms in total. The molecule has 0 spiro atoms. The molecule has 1 amide bonds. The number of amides is 1. The zero-order valence-corrected chi connectivity index (χ0v) is 12.3. The summed E-state index contributed by atoms with van der Waals surface area (Å²) in [7, 11) is 0. The summed E-state index contributed by atoms with van der Waals surface area (Å²) in [6.07, 6.45) is 1.26. The minimum Gasteiger partial charge on any atom is -0.395 e. The Bertz CT molecular complexity index is 544. The minimum atomic E-state index is -0.0440. The zero-order chi connectivity index (χ0) is 15.1. The molecule has 112 valence electrons. The van der Waals surface area contributed by atoms with Crippen LogP contribution in [-0.2, 0) is 16.1 Å². The van der Waals surface area contributed by atoms with E-state index in [1.807, 2.05) is 31.2 Å². The Morgan fingerprint density at radius 2 is 2.38 bits per heavy atom. The van der Waals surface area contributed by atoms with E-state index in [0.29, 0.717) is 19.6 Å². The van der Waals surface area contributed by atoms with Gasteiger partial charge in [0.15, 0.2) is 0 Å². The Balaban J connectivity index is 1.90. The second kappa shape index (κ2) is 7.82. The number of hydrogen-bond acceptors (Lipinski definition) is 3. The zero-order valence-electron chi connectivity index (χ0n) is 12.3. The van der Waals surface area contributed by atoms with Crippen LogP contribution in [0.15, 0.2) is 24.3 Å². The minimum absolute atomic E-state index is 0.000632. The van der Waals surface area contributed by atoms with Gasteiger partial charge in [0, 0.05) is 25.1 Å². The van der Waals surface area contributed by atoms with Gasteiger partial charge < -0.3 is 15.2 Å². The molecule has 2 unspecified atom stereocenters. The molecule has 0 aliphatic carbocycles. The predicted molar refractivity (Wildman–Crippen MR) is 80.4 cm³/mol. The summed E-state index contributed by atoms with van der Waals surface area (Å²) in [6, 6.07) is 7.76. The first-order valence-electron chi connectivity index (χ1n) is 7.28. The molecule has 1 heterocycles. The van der Waals surface area contributed by atoms with E-state index in [1.54, 1.807) is 0 Å². The maximum atomic E-state index is 12.1. The van der Waals surface area contributed by atoms with Crippen LogP contribution in [0.5, 0.6) is 0 Å². The van der Waals surface area contributed by atoms with Gasteiger partial charge in [-0.2, -0.15) is 0 Å². The van der Waals surface area contributed by atoms with Crippen molar-refractivity contribution in [3.05, 3.63) is 35.4 Å². The molecule has 1 aromatic rings. The van der Waals surface area contributed by atoms with Gasteiger partial charge in [-0.25, -0.2) is 0 Å². The van der Waals surface area contributed by atoms with Crippen molar-refractivity contribution in [1.29, 1.82) is 0 Å². The molecule has 2 atom stereocenters. The Hall–Kier alpha value is -1.83. The summed E-state index contributed by atoms with van der Waals surface area (Å²) in [5.74, 6) is 5.89. The van der Waals surface area contributed by atoms with Gasteiger partial charge in [0.2, 0.25) is 5.91 Å². The summed E-state index contributed by atoms with van der Waals surface area (Å²) in [5.41, 5.74) is 1.92. The van der Waals surface area contributed by atoms with Crippen LogP contribution >= 0.6 is 0 Å². The molecule has 1 aromatic carbocycles. The molecule has 1 fully saturated rings. The average molecular weight is 287 g/mol. The predicted octanol–water partition coefficient (Wildman–Crippen LogP) is 1.46. The largest absolute Gasteiger partial charge is 0.395 e. The number of nitrogens with one attached hydrogen (secondary N) is 1. The molecule has 0 aromatic heterocycles. The second-order valence-electron chi connectivity index (χ2n) is 5.16. The van der Waals surface area contributed by atoms with Crippen LogP contribution in [0.3, 0.4) is 0 Å². The van der Waals surface area contributed by atoms with E-state index < -0.39 is 0 Å². The number of aliphatic hydroxyl groups excluding tert-OH is 1. The van der Waals surface area contributed by atoms with Gasteiger partial charge in [-0.3, -0.25) is 4.79 Å². The van der Waals surface area contributed by atoms with Crippen LogP contribution < -0.4 is 5.32 Å². The van der Waals surface area contributed by atoms with Crippen LogP contribution in [0.2, 0.25) is 0 Å². The third-order valence-corrected chi connectivity index (χ3v) is 3.58. The van der Waals surface area contributed by atoms with Crippen LogP contribution in [0.4, 0.5) is 0 Å². The average Bonchev–Trinajstić information content (AvgIpc) is 2.92. The first-order valence-corrected chi connectivity index (χ1v) is 7.28. The highest BCUT2D eigenvalue weighted by Gasteiger charge is 2.30. The van der Waals surface area contributed by atoms with Gasteiger partial charge in [0.1, 0.15) is 0 Å². The maximum Gasteiger partial charge on any atom is 0.226 e. The van der Waals surface area contributed by atoms with Crippen LogP contribution in [0, 0.1) is 17.8 Å². The summed E-state index contributed by atoms with van der Waals surface area (Å²) >= 11 is 0. The van der Waals surface area contributed by atoms with E-state index in [1.165, 1.54) is 0 Å². The number of rotatable bonds is 4. The van der Waals surface area contributed by atoms with E-state index >= 15 is 0 Å². The molecule has 21 heavy (non-hydrogen) atoms. The van der Waals surface area contributed by atoms with Gasteiger partial charge in [-0.15, -0.1) is 0 Å². The fourth-order valence-electron chi connectivity index (χ4n) is 2.38. The fourth-order valence-corrected chi connectivity index (χ4v) is 2.38. The first-order chi connectivity index (χ1) is 10.2. The van der Waals surface area contributed by atoms with E-state index in [4.69, 9.17) is 9.84 Å². The molecule has 2 rings (SSSR count). The van der Waals surface area contributed by atoms with Crippen molar-refractivity contribution in [1.82, 2.24) is 5.32 Å². The molecule has 1 aliphatic rings. The smallest absolute Gasteiger partial charge is 0.226 e. The fraction of sp³-hybridized carbons (Fsp3) is 0.471. The normalized spacial score (nSPS) is 20.7. The Morgan fingerprint density at radius 1 is 1.52 bits per heavy atom. The topological polar surface area (TPSA) is 58.6 Å². The van der Waals surface area contributed by atoms with E-state index in [2.05, 4.69) is 17.2 Å². The highest BCUT2D eigenvalue weighted by Crippen LogP contribution is 2.20. The lowest BCUT2D eigenvalue weighted by molar-refractivity contribution is -0.126. The first kappa shape index (κ1) is 15.6. The number of aliphatic hydroxyl groups is 1. The van der Waals surface area contributed by atoms with E-state index in [-0.39, 0.29) is 24.5 Å². The molecule has 4 heteroatoms. The summed E-state index contributed by atoms with van der Waals surface area (Å²) in [5, 5.41) is 11.7. The molecule has 0 bridgehead atoms. The number of carbonyl (C=O) groups excluding carboxylic acids is 1. The van der Waals surface area contributed by atoms with Crippen molar-refractivity contribution in [2.75, 3.05) is 13.2 Å². The Kier molecular flexibility index (Phi) is 5.79. The molecule has 0 radical (unpaired) electrons. The molecular formula is C17H21NO3. The summed E-state index contributed by atoms with van der Waals surface area (Å²) < 4.78 is 5.41. The van der Waals surface area contributed by atoms with Crippen LogP contribution in [0.1, 0.15) is 30.9 Å². The van der Waals surface area contributed by atoms with Crippen LogP contribution in [-0.4, -0.2) is 30.3 Å². The summed E-state index contributed by atoms with van der Waals surface area (Å²) in [6.45, 7) is 3.17. The van der Waals surface area contributed by atoms with Gasteiger partial charge >= 0.3 is 0 Å². The lowest BCUT2D eigenvalue weighted by atomic mass is 10.0. The van der Waals surface area contributed by atoms with Crippen molar-refractivity contribution in [3.63, 3.8) is 0 Å². The highest BCUT2D eigenvalue weighted by molar-refractivity contribution is 5.79. The van der Waals surface area contributed by atoms with Crippen molar-refractivity contribution in [2.45, 2.75) is 32.4 Å². The van der Waals surface area contributed by atoms with Crippen LogP contribution in [0.25, 0.3) is 0 Å². The van der Waals surface area contributed by atoms with Gasteiger partial charge in [0.05, 0.1) is 18.6 Å². The van der Waals surface area contributed by atoms with E-state index in [0.717, 1.165) is 17.5 Å². The Morgan fingerprint density at radius 3 is 3.10 bits per heavy atom. The van der Waals surface area contributed by atoms with Gasteiger partial charge in [-0.1, -0.05) is 24.0 Å². The van der Waals surface area contributed by atoms with Gasteiger partial charge in [-0.05, 0) is 31.0 Å². The quantitative estimate of drug-likeness (QED) is 0.824. The molecular weight excluding hydrogens is 266 g/mol.